The van der Waals surface area contributed by atoms with Crippen LogP contribution in [-0.2, 0) is 5.41 Å². The first-order chi connectivity index (χ1) is 13.5. The molecule has 0 atom stereocenters. The monoisotopic (exact) mass is 499 g/mol. The molecular formula is C25H26INO2. The van der Waals surface area contributed by atoms with Gasteiger partial charge in [-0.1, -0.05) is 24.3 Å². The molecule has 0 aliphatic carbocycles. The number of rotatable bonds is 4. The van der Waals surface area contributed by atoms with E-state index in [-0.39, 0.29) is 29.4 Å². The second-order valence-corrected chi connectivity index (χ2v) is 7.73. The van der Waals surface area contributed by atoms with E-state index in [9.17, 15) is 0 Å². The summed E-state index contributed by atoms with van der Waals surface area (Å²) in [5.74, 6) is 1.58. The summed E-state index contributed by atoms with van der Waals surface area (Å²) in [4.78, 5) is 0. The topological polar surface area (TPSA) is 21.5 Å². The maximum atomic E-state index is 5.40. The Balaban J connectivity index is 0.00000240. The van der Waals surface area contributed by atoms with Crippen molar-refractivity contribution in [2.45, 2.75) is 19.3 Å². The lowest BCUT2D eigenvalue weighted by Gasteiger charge is -2.17. The van der Waals surface area contributed by atoms with Gasteiger partial charge in [-0.2, -0.15) is 4.58 Å². The molecule has 0 amide bonds. The summed E-state index contributed by atoms with van der Waals surface area (Å²) >= 11 is 0. The number of ether oxygens (including phenoxy) is 2. The zero-order valence-electron chi connectivity index (χ0n) is 17.5. The van der Waals surface area contributed by atoms with Crippen LogP contribution in [0.3, 0.4) is 0 Å². The Labute approximate surface area is 189 Å². The van der Waals surface area contributed by atoms with E-state index >= 15 is 0 Å². The molecule has 4 rings (SSSR count). The summed E-state index contributed by atoms with van der Waals surface area (Å²) in [6, 6.07) is 19.0. The van der Waals surface area contributed by atoms with Gasteiger partial charge in [0.2, 0.25) is 5.69 Å². The molecule has 3 aromatic rings. The highest BCUT2D eigenvalue weighted by Gasteiger charge is 2.44. The van der Waals surface area contributed by atoms with Gasteiger partial charge in [0, 0.05) is 23.8 Å². The van der Waals surface area contributed by atoms with E-state index in [1.54, 1.807) is 14.2 Å². The minimum atomic E-state index is -0.0929. The molecule has 3 nitrogen and oxygen atoms in total. The highest BCUT2D eigenvalue weighted by Crippen LogP contribution is 2.43. The van der Waals surface area contributed by atoms with Crippen molar-refractivity contribution >= 4 is 28.2 Å². The molecule has 1 aliphatic heterocycles. The molecule has 1 heterocycles. The fraction of sp³-hybridized carbons (Fsp3) is 0.240. The number of nitrogens with zero attached hydrogens (tertiary/aromatic N) is 1. The summed E-state index contributed by atoms with van der Waals surface area (Å²) in [7, 11) is 5.49. The van der Waals surface area contributed by atoms with Crippen molar-refractivity contribution in [3.05, 3.63) is 71.8 Å². The lowest BCUT2D eigenvalue weighted by atomic mass is 9.79. The van der Waals surface area contributed by atoms with Crippen molar-refractivity contribution in [1.82, 2.24) is 0 Å². The second kappa shape index (κ2) is 8.19. The predicted molar refractivity (Wildman–Crippen MR) is 116 cm³/mol. The molecule has 0 fully saturated rings. The number of allylic oxidation sites excluding steroid dienone is 1. The van der Waals surface area contributed by atoms with Gasteiger partial charge in [0.15, 0.2) is 5.71 Å². The second-order valence-electron chi connectivity index (χ2n) is 7.73. The van der Waals surface area contributed by atoms with Crippen LogP contribution in [0.2, 0.25) is 0 Å². The highest BCUT2D eigenvalue weighted by atomic mass is 127. The normalized spacial score (nSPS) is 14.8. The largest absolute Gasteiger partial charge is 1.00 e. The van der Waals surface area contributed by atoms with E-state index in [1.165, 1.54) is 27.7 Å². The first-order valence-electron chi connectivity index (χ1n) is 9.50. The van der Waals surface area contributed by atoms with Crippen molar-refractivity contribution in [1.29, 1.82) is 0 Å². The molecule has 0 spiro atoms. The molecule has 3 aromatic carbocycles. The van der Waals surface area contributed by atoms with Gasteiger partial charge in [-0.25, -0.2) is 0 Å². The van der Waals surface area contributed by atoms with E-state index in [2.05, 4.69) is 74.0 Å². The summed E-state index contributed by atoms with van der Waals surface area (Å²) < 4.78 is 13.1. The van der Waals surface area contributed by atoms with Crippen LogP contribution in [0.4, 0.5) is 5.69 Å². The Morgan fingerprint density at radius 2 is 1.52 bits per heavy atom. The number of methoxy groups -OCH3 is 2. The third kappa shape index (κ3) is 3.66. The van der Waals surface area contributed by atoms with Gasteiger partial charge in [0.05, 0.1) is 19.6 Å². The zero-order chi connectivity index (χ0) is 19.9. The lowest BCUT2D eigenvalue weighted by Crippen LogP contribution is -3.00. The average molecular weight is 499 g/mol. The van der Waals surface area contributed by atoms with E-state index in [4.69, 9.17) is 9.47 Å². The smallest absolute Gasteiger partial charge is 0.210 e. The summed E-state index contributed by atoms with van der Waals surface area (Å²) in [6.45, 7) is 4.60. The molecule has 0 radical (unpaired) electrons. The number of hydrogen-bond acceptors (Lipinski definition) is 2. The van der Waals surface area contributed by atoms with E-state index in [0.29, 0.717) is 0 Å². The fourth-order valence-electron chi connectivity index (χ4n) is 4.29. The van der Waals surface area contributed by atoms with Crippen LogP contribution in [0.1, 0.15) is 25.0 Å². The lowest BCUT2D eigenvalue weighted by molar-refractivity contribution is -0.401. The Kier molecular flexibility index (Phi) is 6.03. The first-order valence-corrected chi connectivity index (χ1v) is 9.50. The third-order valence-corrected chi connectivity index (χ3v) is 5.70. The van der Waals surface area contributed by atoms with E-state index in [1.807, 2.05) is 18.2 Å². The Morgan fingerprint density at radius 3 is 2.17 bits per heavy atom. The number of fused-ring (bicyclic) bond motifs is 3. The van der Waals surface area contributed by atoms with Crippen LogP contribution in [0.5, 0.6) is 11.5 Å². The molecule has 4 heteroatoms. The maximum absolute atomic E-state index is 5.40. The van der Waals surface area contributed by atoms with Crippen molar-refractivity contribution < 1.29 is 38.0 Å². The van der Waals surface area contributed by atoms with Gasteiger partial charge in [0.25, 0.3) is 0 Å². The fourth-order valence-corrected chi connectivity index (χ4v) is 4.29. The van der Waals surface area contributed by atoms with Crippen LogP contribution in [0, 0.1) is 0 Å². The zero-order valence-corrected chi connectivity index (χ0v) is 19.7. The first kappa shape index (κ1) is 21.4. The van der Waals surface area contributed by atoms with Gasteiger partial charge >= 0.3 is 0 Å². The molecule has 0 unspecified atom stereocenters. The quantitative estimate of drug-likeness (QED) is 0.407. The molecule has 29 heavy (non-hydrogen) atoms. The van der Waals surface area contributed by atoms with Crippen molar-refractivity contribution in [3.8, 4) is 11.5 Å². The van der Waals surface area contributed by atoms with Crippen LogP contribution < -0.4 is 33.5 Å². The Bertz CT molecular complexity index is 1110. The Hall–Kier alpha value is -2.34. The number of benzene rings is 3. The highest BCUT2D eigenvalue weighted by molar-refractivity contribution is 6.09. The average Bonchev–Trinajstić information content (AvgIpc) is 2.91. The SMILES string of the molecule is COc1cc(C=CC2=[N+](C)c3ccc4ccccc4c3C2(C)C)cc(OC)c1.[I-]. The summed E-state index contributed by atoms with van der Waals surface area (Å²) in [5.41, 5.74) is 4.88. The molecule has 1 aliphatic rings. The van der Waals surface area contributed by atoms with Crippen LogP contribution in [0.25, 0.3) is 16.8 Å². The minimum absolute atomic E-state index is 0. The number of hydrogen-bond donors (Lipinski definition) is 0. The predicted octanol–water partition coefficient (Wildman–Crippen LogP) is 2.58. The van der Waals surface area contributed by atoms with Crippen molar-refractivity contribution in [3.63, 3.8) is 0 Å². The van der Waals surface area contributed by atoms with Gasteiger partial charge in [-0.15, -0.1) is 0 Å². The van der Waals surface area contributed by atoms with Gasteiger partial charge in [-0.05, 0) is 54.5 Å². The maximum Gasteiger partial charge on any atom is 0.210 e. The van der Waals surface area contributed by atoms with Gasteiger partial charge in [-0.3, -0.25) is 0 Å². The Morgan fingerprint density at radius 1 is 0.862 bits per heavy atom. The van der Waals surface area contributed by atoms with Crippen molar-refractivity contribution in [2.75, 3.05) is 21.3 Å². The molecule has 0 saturated heterocycles. The summed E-state index contributed by atoms with van der Waals surface area (Å²) in [6.07, 6.45) is 4.34. The van der Waals surface area contributed by atoms with Crippen LogP contribution in [0.15, 0.2) is 60.7 Å². The van der Waals surface area contributed by atoms with Gasteiger partial charge in [0.1, 0.15) is 18.5 Å². The molecule has 0 bridgehead atoms. The molecule has 0 saturated carbocycles. The number of halogens is 1. The van der Waals surface area contributed by atoms with Crippen molar-refractivity contribution in [2.24, 2.45) is 0 Å². The molecule has 0 N–H and O–H groups in total. The molecule has 0 aromatic heterocycles. The third-order valence-electron chi connectivity index (χ3n) is 5.70. The minimum Gasteiger partial charge on any atom is -1.00 e. The van der Waals surface area contributed by atoms with E-state index < -0.39 is 0 Å². The standard InChI is InChI=1S/C25H26NO2.HI/c1-25(2)23(13-10-17-14-19(27-4)16-20(15-17)28-5)26(3)22-12-11-18-8-6-7-9-21(18)24(22)25;/h6-16H,1-5H3;1H/q+1;/p-1. The van der Waals surface area contributed by atoms with E-state index in [0.717, 1.165) is 17.1 Å². The molecule has 150 valence electrons. The van der Waals surface area contributed by atoms with Crippen LogP contribution >= 0.6 is 0 Å². The van der Waals surface area contributed by atoms with Crippen LogP contribution in [-0.4, -0.2) is 31.6 Å². The van der Waals surface area contributed by atoms with Gasteiger partial charge < -0.3 is 33.5 Å². The molecular weight excluding hydrogens is 473 g/mol. The summed E-state index contributed by atoms with van der Waals surface area (Å²) in [5, 5.41) is 2.61.